The zero-order valence-electron chi connectivity index (χ0n) is 13.0. The highest BCUT2D eigenvalue weighted by molar-refractivity contribution is 6.49. The van der Waals surface area contributed by atoms with E-state index in [1.54, 1.807) is 0 Å². The largest absolute Gasteiger partial charge is 0.325 e. The Labute approximate surface area is 179 Å². The molecule has 0 saturated heterocycles. The zero-order valence-corrected chi connectivity index (χ0v) is 17.5. The smallest absolute Gasteiger partial charge is 0.236 e. The maximum Gasteiger partial charge on any atom is 0.236 e. The summed E-state index contributed by atoms with van der Waals surface area (Å²) in [6.45, 7) is 1.43. The van der Waals surface area contributed by atoms with Crippen molar-refractivity contribution in [2.45, 2.75) is 6.92 Å². The van der Waals surface area contributed by atoms with E-state index < -0.39 is 17.7 Å². The fourth-order valence-corrected chi connectivity index (χ4v) is 3.07. The van der Waals surface area contributed by atoms with Gasteiger partial charge in [-0.05, 0) is 31.2 Å². The molecule has 0 fully saturated rings. The van der Waals surface area contributed by atoms with Gasteiger partial charge in [-0.15, -0.1) is 0 Å². The van der Waals surface area contributed by atoms with E-state index in [0.717, 1.165) is 0 Å². The summed E-state index contributed by atoms with van der Waals surface area (Å²) >= 11 is 35.4. The number of benzene rings is 2. The first-order valence-corrected chi connectivity index (χ1v) is 9.27. The van der Waals surface area contributed by atoms with Crippen molar-refractivity contribution in [1.29, 1.82) is 0 Å². The highest BCUT2D eigenvalue weighted by Crippen LogP contribution is 2.34. The van der Waals surface area contributed by atoms with E-state index in [-0.39, 0.29) is 30.1 Å². The predicted octanol–water partition coefficient (Wildman–Crippen LogP) is 6.82. The van der Waals surface area contributed by atoms with Crippen molar-refractivity contribution in [3.05, 3.63) is 54.4 Å². The van der Waals surface area contributed by atoms with Crippen LogP contribution in [0.3, 0.4) is 0 Å². The number of amides is 2. The molecule has 0 heterocycles. The number of nitrogens with one attached hydrogen (secondary N) is 2. The summed E-state index contributed by atoms with van der Waals surface area (Å²) in [5.74, 6) is -2.16. The molecule has 0 spiro atoms. The Hall–Kier alpha value is -0.880. The molecule has 0 aliphatic heterocycles. The maximum absolute atomic E-state index is 12.3. The van der Waals surface area contributed by atoms with Crippen molar-refractivity contribution in [3.8, 4) is 0 Å². The van der Waals surface area contributed by atoms with Crippen LogP contribution in [0.1, 0.15) is 6.92 Å². The van der Waals surface area contributed by atoms with Gasteiger partial charge >= 0.3 is 0 Å². The maximum atomic E-state index is 12.3. The highest BCUT2D eigenvalue weighted by atomic mass is 35.5. The fraction of sp³-hybridized carbons (Fsp3) is 0.125. The first-order valence-electron chi connectivity index (χ1n) is 7.01. The third-order valence-electron chi connectivity index (χ3n) is 3.29. The molecule has 26 heavy (non-hydrogen) atoms. The minimum atomic E-state index is -1.03. The van der Waals surface area contributed by atoms with Crippen LogP contribution in [0.25, 0.3) is 0 Å². The van der Waals surface area contributed by atoms with Gasteiger partial charge in [-0.3, -0.25) is 9.59 Å². The Kier molecular flexibility index (Phi) is 7.31. The van der Waals surface area contributed by atoms with Crippen LogP contribution in [0.5, 0.6) is 0 Å². The van der Waals surface area contributed by atoms with Crippen molar-refractivity contribution in [3.63, 3.8) is 0 Å². The van der Waals surface area contributed by atoms with Crippen molar-refractivity contribution in [2.75, 3.05) is 10.6 Å². The average molecular weight is 475 g/mol. The molecule has 2 aromatic rings. The molecule has 2 N–H and O–H groups in total. The average Bonchev–Trinajstić information content (AvgIpc) is 2.56. The second kappa shape index (κ2) is 8.87. The topological polar surface area (TPSA) is 58.2 Å². The quantitative estimate of drug-likeness (QED) is 0.377. The Morgan fingerprint density at radius 2 is 0.962 bits per heavy atom. The van der Waals surface area contributed by atoms with Crippen molar-refractivity contribution < 1.29 is 9.59 Å². The van der Waals surface area contributed by atoms with Gasteiger partial charge in [0.25, 0.3) is 0 Å². The number of hydrogen-bond acceptors (Lipinski definition) is 2. The molecule has 0 aliphatic carbocycles. The van der Waals surface area contributed by atoms with Gasteiger partial charge in [0, 0.05) is 11.4 Å². The molecule has 4 nitrogen and oxygen atoms in total. The van der Waals surface area contributed by atoms with Gasteiger partial charge in [-0.25, -0.2) is 0 Å². The molecule has 0 bridgehead atoms. The monoisotopic (exact) mass is 472 g/mol. The number of rotatable bonds is 4. The van der Waals surface area contributed by atoms with Crippen LogP contribution in [0.15, 0.2) is 24.3 Å². The lowest BCUT2D eigenvalue weighted by atomic mass is 10.1. The van der Waals surface area contributed by atoms with Gasteiger partial charge in [0.2, 0.25) is 11.8 Å². The van der Waals surface area contributed by atoms with E-state index in [0.29, 0.717) is 11.4 Å². The minimum absolute atomic E-state index is 0.175. The summed E-state index contributed by atoms with van der Waals surface area (Å²) in [5.41, 5.74) is 0.623. The van der Waals surface area contributed by atoms with Crippen LogP contribution in [0, 0.1) is 5.92 Å². The number of anilines is 2. The van der Waals surface area contributed by atoms with Gasteiger partial charge in [0.05, 0.1) is 30.1 Å². The number of hydrogen-bond donors (Lipinski definition) is 2. The lowest BCUT2D eigenvalue weighted by Crippen LogP contribution is -2.31. The molecule has 2 rings (SSSR count). The van der Waals surface area contributed by atoms with Gasteiger partial charge in [-0.1, -0.05) is 69.6 Å². The summed E-state index contributed by atoms with van der Waals surface area (Å²) in [4.78, 5) is 24.6. The van der Waals surface area contributed by atoms with E-state index >= 15 is 0 Å². The van der Waals surface area contributed by atoms with Gasteiger partial charge in [-0.2, -0.15) is 0 Å². The Bertz CT molecular complexity index is 770. The summed E-state index contributed by atoms with van der Waals surface area (Å²) in [6, 6.07) is 5.71. The molecule has 138 valence electrons. The Balaban J connectivity index is 2.09. The third-order valence-corrected chi connectivity index (χ3v) is 5.68. The minimum Gasteiger partial charge on any atom is -0.325 e. The molecule has 0 aliphatic rings. The summed E-state index contributed by atoms with van der Waals surface area (Å²) in [6.07, 6.45) is 0. The Morgan fingerprint density at radius 1 is 0.692 bits per heavy atom. The molecular weight excluding hydrogens is 465 g/mol. The summed E-state index contributed by atoms with van der Waals surface area (Å²) in [7, 11) is 0. The second-order valence-corrected chi connectivity index (χ2v) is 7.59. The molecule has 0 unspecified atom stereocenters. The molecule has 0 atom stereocenters. The molecule has 0 saturated carbocycles. The lowest BCUT2D eigenvalue weighted by molar-refractivity contribution is -0.128. The van der Waals surface area contributed by atoms with E-state index in [1.165, 1.54) is 31.2 Å². The highest BCUT2D eigenvalue weighted by Gasteiger charge is 2.23. The summed E-state index contributed by atoms with van der Waals surface area (Å²) < 4.78 is 0. The van der Waals surface area contributed by atoms with E-state index in [9.17, 15) is 9.59 Å². The normalized spacial score (nSPS) is 10.8. The molecule has 0 radical (unpaired) electrons. The number of carbonyl (C=O) groups excluding carboxylic acids is 2. The number of carbonyl (C=O) groups is 2. The second-order valence-electron chi connectivity index (χ2n) is 5.21. The van der Waals surface area contributed by atoms with Crippen LogP contribution in [0.4, 0.5) is 11.4 Å². The first kappa shape index (κ1) is 21.4. The molecule has 10 heteroatoms. The van der Waals surface area contributed by atoms with Crippen molar-refractivity contribution >= 4 is 92.8 Å². The van der Waals surface area contributed by atoms with Crippen molar-refractivity contribution in [1.82, 2.24) is 0 Å². The molecule has 2 aromatic carbocycles. The van der Waals surface area contributed by atoms with Gasteiger partial charge < -0.3 is 10.6 Å². The number of halogens is 6. The van der Waals surface area contributed by atoms with Crippen LogP contribution in [0.2, 0.25) is 30.1 Å². The van der Waals surface area contributed by atoms with Crippen LogP contribution in [-0.2, 0) is 9.59 Å². The molecule has 2 amide bonds. The van der Waals surface area contributed by atoms with E-state index in [1.807, 2.05) is 0 Å². The third kappa shape index (κ3) is 5.10. The van der Waals surface area contributed by atoms with Crippen molar-refractivity contribution in [2.24, 2.45) is 5.92 Å². The zero-order chi connectivity index (χ0) is 19.6. The first-order chi connectivity index (χ1) is 12.1. The van der Waals surface area contributed by atoms with Crippen LogP contribution >= 0.6 is 69.6 Å². The lowest BCUT2D eigenvalue weighted by Gasteiger charge is -2.14. The predicted molar refractivity (Wildman–Crippen MR) is 109 cm³/mol. The SMILES string of the molecule is CC(C(=O)Nc1cc(Cl)c(Cl)c(Cl)c1)C(=O)Nc1cc(Cl)c(Cl)c(Cl)c1. The van der Waals surface area contributed by atoms with E-state index in [4.69, 9.17) is 69.6 Å². The fourth-order valence-electron chi connectivity index (χ4n) is 1.88. The van der Waals surface area contributed by atoms with Crippen LogP contribution in [-0.4, -0.2) is 11.8 Å². The van der Waals surface area contributed by atoms with Gasteiger partial charge in [0.15, 0.2) is 0 Å². The van der Waals surface area contributed by atoms with Gasteiger partial charge in [0.1, 0.15) is 5.92 Å². The molecular formula is C16H10Cl6N2O2. The molecule has 0 aromatic heterocycles. The van der Waals surface area contributed by atoms with Crippen LogP contribution < -0.4 is 10.6 Å². The summed E-state index contributed by atoms with van der Waals surface area (Å²) in [5, 5.41) is 6.16. The Morgan fingerprint density at radius 3 is 1.23 bits per heavy atom. The standard InChI is InChI=1S/C16H10Cl6N2O2/c1-6(15(25)23-7-2-9(17)13(21)10(18)3-7)16(26)24-8-4-11(19)14(22)12(20)5-8/h2-6H,1H3,(H,23,25)(H,24,26). The van der Waals surface area contributed by atoms with E-state index in [2.05, 4.69) is 10.6 Å².